The minimum Gasteiger partial charge on any atom is -0.497 e. The second-order valence-electron chi connectivity index (χ2n) is 9.77. The highest BCUT2D eigenvalue weighted by atomic mass is 32.2. The van der Waals surface area contributed by atoms with Crippen molar-refractivity contribution in [1.82, 2.24) is 0 Å². The molecule has 39 heavy (non-hydrogen) atoms. The first-order valence-corrected chi connectivity index (χ1v) is 14.4. The first-order chi connectivity index (χ1) is 18.9. The first-order valence-electron chi connectivity index (χ1n) is 13.3. The number of hydrogen-bond acceptors (Lipinski definition) is 6. The summed E-state index contributed by atoms with van der Waals surface area (Å²) in [7, 11) is 1.24. The maximum Gasteiger partial charge on any atom is 0.305 e. The Morgan fingerprint density at radius 1 is 1.21 bits per heavy atom. The van der Waals surface area contributed by atoms with Gasteiger partial charge in [-0.05, 0) is 66.3 Å². The number of aliphatic hydroxyl groups excluding tert-OH is 1. The van der Waals surface area contributed by atoms with Crippen molar-refractivity contribution >= 4 is 33.3 Å². The third kappa shape index (κ3) is 6.95. The average Bonchev–Trinajstić information content (AvgIpc) is 3.61. The molecular formula is C32H34O6S. The Morgan fingerprint density at radius 2 is 2.00 bits per heavy atom. The van der Waals surface area contributed by atoms with Gasteiger partial charge in [0.2, 0.25) is 0 Å². The van der Waals surface area contributed by atoms with Gasteiger partial charge in [0, 0.05) is 24.3 Å². The lowest BCUT2D eigenvalue weighted by atomic mass is 9.96. The second kappa shape index (κ2) is 13.5. The summed E-state index contributed by atoms with van der Waals surface area (Å²) in [4.78, 5) is 25.6. The Labute approximate surface area is 232 Å². The van der Waals surface area contributed by atoms with Crippen LogP contribution in [0.25, 0.3) is 10.8 Å². The minimum atomic E-state index is -1.71. The molecule has 2 aliphatic carbocycles. The van der Waals surface area contributed by atoms with E-state index in [4.69, 9.17) is 4.74 Å². The molecule has 7 heteroatoms. The van der Waals surface area contributed by atoms with Crippen molar-refractivity contribution in [3.8, 4) is 17.6 Å². The summed E-state index contributed by atoms with van der Waals surface area (Å²) in [5.74, 6) is 5.81. The first kappa shape index (κ1) is 28.5. The quantitative estimate of drug-likeness (QED) is 0.149. The molecule has 0 spiro atoms. The van der Waals surface area contributed by atoms with E-state index >= 15 is 0 Å². The molecule has 3 atom stereocenters. The molecule has 0 saturated heterocycles. The van der Waals surface area contributed by atoms with Gasteiger partial charge >= 0.3 is 5.97 Å². The van der Waals surface area contributed by atoms with Gasteiger partial charge in [0.05, 0.1) is 40.9 Å². The van der Waals surface area contributed by atoms with Crippen molar-refractivity contribution in [2.75, 3.05) is 14.2 Å². The molecule has 0 aliphatic heterocycles. The van der Waals surface area contributed by atoms with E-state index in [0.29, 0.717) is 29.1 Å². The number of rotatable bonds is 9. The fourth-order valence-corrected chi connectivity index (χ4v) is 6.42. The molecule has 1 saturated carbocycles. The van der Waals surface area contributed by atoms with Gasteiger partial charge in [-0.3, -0.25) is 9.59 Å². The van der Waals surface area contributed by atoms with Gasteiger partial charge in [0.25, 0.3) is 0 Å². The predicted molar refractivity (Wildman–Crippen MR) is 152 cm³/mol. The Hall–Kier alpha value is -3.47. The zero-order chi connectivity index (χ0) is 27.8. The lowest BCUT2D eigenvalue weighted by Crippen LogP contribution is -2.15. The molecule has 0 amide bonds. The van der Waals surface area contributed by atoms with Crippen LogP contribution in [0.5, 0.6) is 5.75 Å². The molecule has 0 aromatic heterocycles. The number of esters is 1. The van der Waals surface area contributed by atoms with E-state index in [-0.39, 0.29) is 29.0 Å². The number of carbonyl (C=O) groups is 2. The Kier molecular flexibility index (Phi) is 9.91. The second-order valence-corrected chi connectivity index (χ2v) is 11.2. The smallest absolute Gasteiger partial charge is 0.305 e. The van der Waals surface area contributed by atoms with Crippen LogP contribution in [0, 0.1) is 23.7 Å². The van der Waals surface area contributed by atoms with Gasteiger partial charge in [0.1, 0.15) is 5.75 Å². The van der Waals surface area contributed by atoms with Gasteiger partial charge in [-0.1, -0.05) is 55.0 Å². The maximum absolute atomic E-state index is 13.8. The van der Waals surface area contributed by atoms with Gasteiger partial charge in [-0.2, -0.15) is 0 Å². The van der Waals surface area contributed by atoms with Crippen LogP contribution >= 0.6 is 0 Å². The van der Waals surface area contributed by atoms with E-state index < -0.39 is 22.8 Å². The van der Waals surface area contributed by atoms with Crippen molar-refractivity contribution in [1.29, 1.82) is 0 Å². The van der Waals surface area contributed by atoms with E-state index in [9.17, 15) is 18.9 Å². The van der Waals surface area contributed by atoms with E-state index in [0.717, 1.165) is 36.5 Å². The van der Waals surface area contributed by atoms with Crippen molar-refractivity contribution in [2.24, 2.45) is 11.8 Å². The molecule has 2 aromatic rings. The third-order valence-electron chi connectivity index (χ3n) is 7.26. The average molecular weight is 547 g/mol. The highest BCUT2D eigenvalue weighted by Crippen LogP contribution is 2.35. The number of carbonyl (C=O) groups excluding carboxylic acids is 2. The number of allylic oxidation sites excluding steroid dienone is 5. The lowest BCUT2D eigenvalue weighted by Gasteiger charge is -2.14. The van der Waals surface area contributed by atoms with Crippen molar-refractivity contribution in [3.05, 3.63) is 71.2 Å². The largest absolute Gasteiger partial charge is 0.497 e. The number of ketones is 1. The number of fused-ring (bicyclic) bond motifs is 1. The number of benzene rings is 2. The third-order valence-corrected chi connectivity index (χ3v) is 8.74. The Morgan fingerprint density at radius 3 is 2.74 bits per heavy atom. The van der Waals surface area contributed by atoms with Gasteiger partial charge in [-0.25, -0.2) is 4.21 Å². The Bertz CT molecular complexity index is 1400. The van der Waals surface area contributed by atoms with Gasteiger partial charge < -0.3 is 14.6 Å². The molecule has 0 bridgehead atoms. The van der Waals surface area contributed by atoms with Crippen molar-refractivity contribution in [3.63, 3.8) is 0 Å². The zero-order valence-corrected chi connectivity index (χ0v) is 23.2. The van der Waals surface area contributed by atoms with Crippen LogP contribution in [-0.4, -0.2) is 41.4 Å². The standard InChI is InChI=1S/C32H34O6S/c1-37-25-17-18-26-23(20-25)12-9-14-29(26)39(36)30-21-24(16-19-28(33)22-10-7-8-11-22)27(32(30)35)13-5-3-4-6-15-31(34)38-2/h9,12-14,16-22,24,28,33H,4,6-8,10-11,15H2,1-2H3. The fourth-order valence-electron chi connectivity index (χ4n) is 5.04. The highest BCUT2D eigenvalue weighted by Gasteiger charge is 2.33. The number of methoxy groups -OCH3 is 2. The van der Waals surface area contributed by atoms with Crippen LogP contribution in [0.1, 0.15) is 44.9 Å². The molecule has 0 heterocycles. The topological polar surface area (TPSA) is 89.9 Å². The predicted octanol–water partition coefficient (Wildman–Crippen LogP) is 5.42. The van der Waals surface area contributed by atoms with Crippen LogP contribution < -0.4 is 4.74 Å². The van der Waals surface area contributed by atoms with Gasteiger partial charge in [-0.15, -0.1) is 0 Å². The summed E-state index contributed by atoms with van der Waals surface area (Å²) >= 11 is 0. The number of hydrogen-bond donors (Lipinski definition) is 1. The summed E-state index contributed by atoms with van der Waals surface area (Å²) < 4.78 is 23.7. The molecule has 204 valence electrons. The van der Waals surface area contributed by atoms with Crippen LogP contribution in [0.3, 0.4) is 0 Å². The molecule has 0 radical (unpaired) electrons. The molecule has 3 unspecified atom stereocenters. The number of Topliss-reactive ketones (excluding diaryl/α,β-unsaturated/α-hetero) is 1. The van der Waals surface area contributed by atoms with Crippen LogP contribution in [0.4, 0.5) is 0 Å². The van der Waals surface area contributed by atoms with E-state index in [2.05, 4.69) is 16.6 Å². The summed E-state index contributed by atoms with van der Waals surface area (Å²) in [6.45, 7) is 0. The monoisotopic (exact) mass is 546 g/mol. The summed E-state index contributed by atoms with van der Waals surface area (Å²) in [6.07, 6.45) is 11.9. The molecule has 1 fully saturated rings. The van der Waals surface area contributed by atoms with Crippen LogP contribution in [-0.2, 0) is 25.1 Å². The SMILES string of the molecule is COC(=O)CCCC#CC=C1C(=O)C(S(=O)c2cccc3cc(OC)ccc23)=CC1C=CC(O)C1CCCC1. The van der Waals surface area contributed by atoms with Crippen LogP contribution in [0.2, 0.25) is 0 Å². The number of aliphatic hydroxyl groups is 1. The molecular weight excluding hydrogens is 512 g/mol. The summed E-state index contributed by atoms with van der Waals surface area (Å²) in [5, 5.41) is 12.3. The van der Waals surface area contributed by atoms with Gasteiger partial charge in [0.15, 0.2) is 5.78 Å². The molecule has 2 aliphatic rings. The minimum absolute atomic E-state index is 0.210. The number of unbranched alkanes of at least 4 members (excludes halogenated alkanes) is 1. The molecule has 4 rings (SSSR count). The molecule has 6 nitrogen and oxygen atoms in total. The number of ether oxygens (including phenoxy) is 2. The summed E-state index contributed by atoms with van der Waals surface area (Å²) in [5.41, 5.74) is 0.426. The van der Waals surface area contributed by atoms with Crippen molar-refractivity contribution in [2.45, 2.75) is 55.9 Å². The normalized spacial score (nSPS) is 20.2. The van der Waals surface area contributed by atoms with Crippen LogP contribution in [0.15, 0.2) is 76.1 Å². The van der Waals surface area contributed by atoms with Crippen molar-refractivity contribution < 1.29 is 28.4 Å². The van der Waals surface area contributed by atoms with E-state index in [1.165, 1.54) is 7.11 Å². The fraction of sp³-hybridized carbons (Fsp3) is 0.375. The molecule has 2 aromatic carbocycles. The van der Waals surface area contributed by atoms with E-state index in [1.807, 2.05) is 36.4 Å². The Balaban J connectivity index is 1.61. The highest BCUT2D eigenvalue weighted by molar-refractivity contribution is 7.90. The molecule has 1 N–H and O–H groups in total. The lowest BCUT2D eigenvalue weighted by molar-refractivity contribution is -0.140. The maximum atomic E-state index is 13.8. The zero-order valence-electron chi connectivity index (χ0n) is 22.4. The van der Waals surface area contributed by atoms with E-state index in [1.54, 1.807) is 31.4 Å². The summed E-state index contributed by atoms with van der Waals surface area (Å²) in [6, 6.07) is 11.0.